The molecule has 134 valence electrons. The van der Waals surface area contributed by atoms with Crippen molar-refractivity contribution in [2.45, 2.75) is 44.4 Å². The van der Waals surface area contributed by atoms with Crippen LogP contribution in [0.3, 0.4) is 0 Å². The smallest absolute Gasteiger partial charge is 0.331 e. The number of hydrogen-bond acceptors (Lipinski definition) is 7. The van der Waals surface area contributed by atoms with Gasteiger partial charge in [-0.05, 0) is 38.5 Å². The van der Waals surface area contributed by atoms with E-state index < -0.39 is 23.5 Å². The van der Waals surface area contributed by atoms with Crippen molar-refractivity contribution < 1.29 is 23.8 Å². The number of esters is 1. The maximum absolute atomic E-state index is 12.9. The predicted molar refractivity (Wildman–Crippen MR) is 90.7 cm³/mol. The Balaban J connectivity index is 1.93. The molecule has 1 aromatic carbocycles. The molecular weight excluding hydrogens is 324 g/mol. The van der Waals surface area contributed by atoms with Crippen LogP contribution >= 0.6 is 0 Å². The number of ketones is 1. The number of epoxide rings is 1. The van der Waals surface area contributed by atoms with Gasteiger partial charge in [0.1, 0.15) is 11.5 Å². The van der Waals surface area contributed by atoms with Crippen molar-refractivity contribution in [1.29, 1.82) is 0 Å². The van der Waals surface area contributed by atoms with E-state index in [4.69, 9.17) is 14.2 Å². The average Bonchev–Trinajstić information content (AvgIpc) is 3.05. The fourth-order valence-electron chi connectivity index (χ4n) is 3.04. The summed E-state index contributed by atoms with van der Waals surface area (Å²) >= 11 is 0. The number of carbonyl (C=O) groups is 2. The zero-order chi connectivity index (χ0) is 18.2. The zero-order valence-electron chi connectivity index (χ0n) is 14.7. The highest BCUT2D eigenvalue weighted by atomic mass is 16.6. The van der Waals surface area contributed by atoms with Gasteiger partial charge in [-0.2, -0.15) is 5.10 Å². The lowest BCUT2D eigenvalue weighted by atomic mass is 9.83. The molecule has 1 saturated heterocycles. The normalized spacial score (nSPS) is 30.2. The number of benzene rings is 1. The number of rotatable bonds is 6. The fraction of sp³-hybridized carbons (Fsp3) is 0.500. The summed E-state index contributed by atoms with van der Waals surface area (Å²) in [6.07, 6.45) is -0.166. The van der Waals surface area contributed by atoms with Gasteiger partial charge in [0.05, 0.1) is 25.7 Å². The van der Waals surface area contributed by atoms with Crippen LogP contribution in [-0.2, 0) is 19.1 Å². The molecule has 0 aromatic heterocycles. The first kappa shape index (κ1) is 17.4. The van der Waals surface area contributed by atoms with Crippen molar-refractivity contribution >= 4 is 17.5 Å². The summed E-state index contributed by atoms with van der Waals surface area (Å²) in [7, 11) is 1.58. The molecule has 3 rings (SSSR count). The first-order valence-corrected chi connectivity index (χ1v) is 8.28. The minimum atomic E-state index is -0.880. The van der Waals surface area contributed by atoms with Gasteiger partial charge in [0.15, 0.2) is 11.6 Å². The lowest BCUT2D eigenvalue weighted by Gasteiger charge is -2.20. The van der Waals surface area contributed by atoms with Crippen LogP contribution in [0.5, 0.6) is 5.75 Å². The summed E-state index contributed by atoms with van der Waals surface area (Å²) in [6, 6.07) is 6.48. The van der Waals surface area contributed by atoms with Crippen LogP contribution in [0.1, 0.15) is 32.3 Å². The molecule has 7 nitrogen and oxygen atoms in total. The highest BCUT2D eigenvalue weighted by molar-refractivity contribution is 6.46. The highest BCUT2D eigenvalue weighted by Crippen LogP contribution is 2.40. The van der Waals surface area contributed by atoms with E-state index in [9.17, 15) is 9.59 Å². The predicted octanol–water partition coefficient (Wildman–Crippen LogP) is 1.42. The summed E-state index contributed by atoms with van der Waals surface area (Å²) in [5.74, 6) is -0.492. The molecule has 2 aliphatic rings. The van der Waals surface area contributed by atoms with Crippen molar-refractivity contribution in [3.05, 3.63) is 29.8 Å². The molecular formula is C18H22N2O5. The first-order valence-electron chi connectivity index (χ1n) is 8.28. The molecule has 2 aliphatic heterocycles. The van der Waals surface area contributed by atoms with Crippen LogP contribution in [0.2, 0.25) is 0 Å². The van der Waals surface area contributed by atoms with Gasteiger partial charge in [0.25, 0.3) is 0 Å². The fourth-order valence-corrected chi connectivity index (χ4v) is 3.04. The third-order valence-electron chi connectivity index (χ3n) is 4.79. The standard InChI is InChI=1S/C18H22N2O5/c1-5-24-17(22)15-13(11-6-8-12(23-4)9-7-11)14(19-20-15)16(21)18(3)10(2)25-18/h6-10,13,15,20H,5H2,1-4H3/t10?,13-,15-,18?/m1/s1. The van der Waals surface area contributed by atoms with E-state index in [-0.39, 0.29) is 24.2 Å². The van der Waals surface area contributed by atoms with Crippen LogP contribution in [0.25, 0.3) is 0 Å². The van der Waals surface area contributed by atoms with Crippen LogP contribution in [0.15, 0.2) is 29.4 Å². The number of nitrogens with zero attached hydrogens (tertiary/aromatic N) is 1. The molecule has 0 bridgehead atoms. The molecule has 0 aliphatic carbocycles. The van der Waals surface area contributed by atoms with Gasteiger partial charge < -0.3 is 14.2 Å². The van der Waals surface area contributed by atoms with Gasteiger partial charge in [-0.3, -0.25) is 10.2 Å². The molecule has 0 radical (unpaired) electrons. The first-order chi connectivity index (χ1) is 11.9. The third-order valence-corrected chi connectivity index (χ3v) is 4.79. The second kappa shape index (κ2) is 6.48. The molecule has 7 heteroatoms. The highest BCUT2D eigenvalue weighted by Gasteiger charge is 2.59. The van der Waals surface area contributed by atoms with Crippen molar-refractivity contribution in [1.82, 2.24) is 5.43 Å². The second-order valence-corrected chi connectivity index (χ2v) is 6.30. The van der Waals surface area contributed by atoms with Gasteiger partial charge in [0, 0.05) is 0 Å². The van der Waals surface area contributed by atoms with Gasteiger partial charge in [-0.1, -0.05) is 12.1 Å². The Morgan fingerprint density at radius 2 is 1.96 bits per heavy atom. The van der Waals surface area contributed by atoms with E-state index in [1.807, 2.05) is 19.1 Å². The second-order valence-electron chi connectivity index (χ2n) is 6.30. The van der Waals surface area contributed by atoms with E-state index in [2.05, 4.69) is 10.5 Å². The molecule has 0 amide bonds. The minimum absolute atomic E-state index is 0.166. The number of ether oxygens (including phenoxy) is 3. The van der Waals surface area contributed by atoms with Crippen LogP contribution in [0.4, 0.5) is 0 Å². The largest absolute Gasteiger partial charge is 0.497 e. The SMILES string of the molecule is CCOC(=O)[C@@H]1NN=C(C(=O)C2(C)OC2C)[C@H]1c1ccc(OC)cc1. The zero-order valence-corrected chi connectivity index (χ0v) is 14.7. The van der Waals surface area contributed by atoms with E-state index in [1.165, 1.54) is 0 Å². The van der Waals surface area contributed by atoms with Crippen molar-refractivity contribution in [2.24, 2.45) is 5.10 Å². The van der Waals surface area contributed by atoms with Crippen molar-refractivity contribution in [2.75, 3.05) is 13.7 Å². The number of carbonyl (C=O) groups excluding carboxylic acids is 2. The van der Waals surface area contributed by atoms with Crippen molar-refractivity contribution in [3.8, 4) is 5.75 Å². The quantitative estimate of drug-likeness (QED) is 0.619. The number of hydrazone groups is 1. The van der Waals surface area contributed by atoms with E-state index in [0.29, 0.717) is 5.75 Å². The molecule has 0 saturated carbocycles. The van der Waals surface area contributed by atoms with Gasteiger partial charge >= 0.3 is 5.97 Å². The Bertz CT molecular complexity index is 715. The Kier molecular flexibility index (Phi) is 4.51. The Hall–Kier alpha value is -2.41. The molecule has 0 spiro atoms. The number of nitrogens with one attached hydrogen (secondary N) is 1. The molecule has 4 atom stereocenters. The lowest BCUT2D eigenvalue weighted by Crippen LogP contribution is -2.41. The Labute approximate surface area is 146 Å². The average molecular weight is 346 g/mol. The lowest BCUT2D eigenvalue weighted by molar-refractivity contribution is -0.145. The summed E-state index contributed by atoms with van der Waals surface area (Å²) in [5, 5.41) is 4.17. The van der Waals surface area contributed by atoms with Gasteiger partial charge in [0.2, 0.25) is 5.78 Å². The summed E-state index contributed by atoms with van der Waals surface area (Å²) in [4.78, 5) is 25.2. The maximum atomic E-state index is 12.9. The van der Waals surface area contributed by atoms with E-state index in [1.54, 1.807) is 33.1 Å². The summed E-state index contributed by atoms with van der Waals surface area (Å²) < 4.78 is 15.8. The topological polar surface area (TPSA) is 89.5 Å². The minimum Gasteiger partial charge on any atom is -0.497 e. The van der Waals surface area contributed by atoms with Crippen LogP contribution in [-0.4, -0.2) is 48.9 Å². The molecule has 1 aromatic rings. The summed E-state index contributed by atoms with van der Waals surface area (Å²) in [6.45, 7) is 5.58. The van der Waals surface area contributed by atoms with Crippen molar-refractivity contribution in [3.63, 3.8) is 0 Å². The molecule has 1 fully saturated rings. The molecule has 2 unspecified atom stereocenters. The monoisotopic (exact) mass is 346 g/mol. The summed E-state index contributed by atoms with van der Waals surface area (Å²) in [5.41, 5.74) is 2.96. The number of hydrogen-bond donors (Lipinski definition) is 1. The van der Waals surface area contributed by atoms with Crippen LogP contribution < -0.4 is 10.2 Å². The van der Waals surface area contributed by atoms with E-state index >= 15 is 0 Å². The maximum Gasteiger partial charge on any atom is 0.331 e. The molecule has 2 heterocycles. The number of methoxy groups -OCH3 is 1. The molecule has 1 N–H and O–H groups in total. The number of Topliss-reactive ketones (excluding diaryl/α,β-unsaturated/α-hetero) is 1. The van der Waals surface area contributed by atoms with Gasteiger partial charge in [-0.15, -0.1) is 0 Å². The third kappa shape index (κ3) is 3.00. The Morgan fingerprint density at radius 1 is 1.32 bits per heavy atom. The molecule has 25 heavy (non-hydrogen) atoms. The van der Waals surface area contributed by atoms with Gasteiger partial charge in [-0.25, -0.2) is 4.79 Å². The van der Waals surface area contributed by atoms with Crippen LogP contribution in [0, 0.1) is 0 Å². The Morgan fingerprint density at radius 3 is 2.48 bits per heavy atom. The van der Waals surface area contributed by atoms with E-state index in [0.717, 1.165) is 5.56 Å².